The molecule has 5 heteroatoms. The Morgan fingerprint density at radius 3 is 2.48 bits per heavy atom. The number of piperidine rings is 1. The van der Waals surface area contributed by atoms with Crippen LogP contribution in [-0.2, 0) is 6.54 Å². The number of rotatable bonds is 3. The smallest absolute Gasteiger partial charge is 0.420 e. The molecule has 0 amide bonds. The van der Waals surface area contributed by atoms with Gasteiger partial charge >= 0.3 is 5.76 Å². The molecule has 1 fully saturated rings. The van der Waals surface area contributed by atoms with Crippen LogP contribution in [0.25, 0.3) is 22.1 Å². The maximum absolute atomic E-state index is 12.3. The number of aromatic nitrogens is 1. The highest BCUT2D eigenvalue weighted by Crippen LogP contribution is 2.30. The Hall–Kier alpha value is -2.79. The zero-order valence-electron chi connectivity index (χ0n) is 15.4. The van der Waals surface area contributed by atoms with Crippen molar-refractivity contribution in [2.24, 2.45) is 0 Å². The summed E-state index contributed by atoms with van der Waals surface area (Å²) in [5.74, 6) is 0.752. The summed E-state index contributed by atoms with van der Waals surface area (Å²) in [4.78, 5) is 14.8. The lowest BCUT2D eigenvalue weighted by atomic mass is 10.0. The van der Waals surface area contributed by atoms with Crippen molar-refractivity contribution in [3.8, 4) is 0 Å². The van der Waals surface area contributed by atoms with E-state index in [1.54, 1.807) is 0 Å². The highest BCUT2D eigenvalue weighted by Gasteiger charge is 2.25. The Bertz CT molecular complexity index is 1160. The number of hydrogen-bond acceptors (Lipinski definition) is 4. The number of likely N-dealkylation sites (tertiary alicyclic amines) is 1. The number of hydrogen-bond donors (Lipinski definition) is 0. The number of para-hydroxylation sites is 3. The zero-order valence-corrected chi connectivity index (χ0v) is 15.4. The molecule has 2 aromatic heterocycles. The summed E-state index contributed by atoms with van der Waals surface area (Å²) in [5.41, 5.74) is 3.80. The van der Waals surface area contributed by atoms with Crippen molar-refractivity contribution >= 4 is 22.1 Å². The molecule has 0 radical (unpaired) electrons. The van der Waals surface area contributed by atoms with E-state index < -0.39 is 0 Å². The van der Waals surface area contributed by atoms with Crippen LogP contribution in [0.1, 0.15) is 30.2 Å². The van der Waals surface area contributed by atoms with E-state index in [9.17, 15) is 4.79 Å². The predicted molar refractivity (Wildman–Crippen MR) is 105 cm³/mol. The lowest BCUT2D eigenvalue weighted by Crippen LogP contribution is -2.36. The van der Waals surface area contributed by atoms with Crippen LogP contribution in [0.2, 0.25) is 0 Å². The second-order valence-corrected chi connectivity index (χ2v) is 7.35. The molecular weight excluding hydrogens is 340 g/mol. The van der Waals surface area contributed by atoms with Gasteiger partial charge in [-0.05, 0) is 38.0 Å². The van der Waals surface area contributed by atoms with Crippen molar-refractivity contribution < 1.29 is 8.83 Å². The van der Waals surface area contributed by atoms with E-state index in [0.717, 1.165) is 49.3 Å². The second kappa shape index (κ2) is 6.43. The van der Waals surface area contributed by atoms with E-state index in [1.165, 1.54) is 10.9 Å². The summed E-state index contributed by atoms with van der Waals surface area (Å²) in [6, 6.07) is 16.1. The quantitative estimate of drug-likeness (QED) is 0.539. The van der Waals surface area contributed by atoms with Gasteiger partial charge in [0.25, 0.3) is 0 Å². The molecule has 1 aliphatic rings. The number of oxazole rings is 1. The molecule has 4 aromatic rings. The third-order valence-electron chi connectivity index (χ3n) is 5.72. The lowest BCUT2D eigenvalue weighted by molar-refractivity contribution is 0.177. The van der Waals surface area contributed by atoms with Crippen molar-refractivity contribution in [2.75, 3.05) is 13.1 Å². The first-order valence-corrected chi connectivity index (χ1v) is 9.50. The molecular formula is C22H22N2O3. The van der Waals surface area contributed by atoms with Gasteiger partial charge in [-0.1, -0.05) is 30.3 Å². The molecule has 0 aliphatic carbocycles. The Kier molecular flexibility index (Phi) is 3.90. The van der Waals surface area contributed by atoms with E-state index in [-0.39, 0.29) is 11.8 Å². The van der Waals surface area contributed by atoms with Crippen molar-refractivity contribution in [1.82, 2.24) is 9.47 Å². The van der Waals surface area contributed by atoms with Crippen LogP contribution in [0.3, 0.4) is 0 Å². The van der Waals surface area contributed by atoms with Crippen molar-refractivity contribution in [3.05, 3.63) is 70.4 Å². The summed E-state index contributed by atoms with van der Waals surface area (Å²) in [5, 5.41) is 1.20. The van der Waals surface area contributed by atoms with E-state index >= 15 is 0 Å². The average molecular weight is 362 g/mol. The van der Waals surface area contributed by atoms with Gasteiger partial charge in [-0.2, -0.15) is 0 Å². The predicted octanol–water partition coefficient (Wildman–Crippen LogP) is 4.49. The lowest BCUT2D eigenvalue weighted by Gasteiger charge is -2.32. The first-order chi connectivity index (χ1) is 13.2. The molecule has 3 heterocycles. The largest absolute Gasteiger partial charge is 0.461 e. The zero-order chi connectivity index (χ0) is 18.4. The molecule has 27 heavy (non-hydrogen) atoms. The molecule has 0 N–H and O–H groups in total. The maximum atomic E-state index is 12.3. The van der Waals surface area contributed by atoms with Gasteiger partial charge in [-0.25, -0.2) is 4.79 Å². The third kappa shape index (κ3) is 2.79. The summed E-state index contributed by atoms with van der Waals surface area (Å²) in [6.07, 6.45) is 1.89. The van der Waals surface area contributed by atoms with Gasteiger partial charge in [0.15, 0.2) is 5.58 Å². The fourth-order valence-corrected chi connectivity index (χ4v) is 4.31. The van der Waals surface area contributed by atoms with Crippen LogP contribution in [0, 0.1) is 6.92 Å². The minimum absolute atomic E-state index is 0.194. The van der Waals surface area contributed by atoms with Gasteiger partial charge < -0.3 is 8.83 Å². The highest BCUT2D eigenvalue weighted by atomic mass is 16.4. The van der Waals surface area contributed by atoms with E-state index in [4.69, 9.17) is 8.83 Å². The van der Waals surface area contributed by atoms with Crippen LogP contribution in [-0.4, -0.2) is 22.6 Å². The SMILES string of the molecule is Cc1oc2ccccc2c1CN1CCC(n2c(=O)oc3ccccc32)CC1. The molecule has 0 unspecified atom stereocenters. The monoisotopic (exact) mass is 362 g/mol. The van der Waals surface area contributed by atoms with E-state index in [1.807, 2.05) is 47.9 Å². The Morgan fingerprint density at radius 1 is 0.963 bits per heavy atom. The van der Waals surface area contributed by atoms with Crippen molar-refractivity contribution in [3.63, 3.8) is 0 Å². The Labute approximate surface area is 156 Å². The van der Waals surface area contributed by atoms with Gasteiger partial charge in [0, 0.05) is 36.6 Å². The van der Waals surface area contributed by atoms with Gasteiger partial charge in [0.05, 0.1) is 5.52 Å². The normalized spacial score (nSPS) is 16.5. The number of fused-ring (bicyclic) bond motifs is 2. The van der Waals surface area contributed by atoms with Crippen molar-refractivity contribution in [2.45, 2.75) is 32.4 Å². The van der Waals surface area contributed by atoms with Crippen LogP contribution in [0.5, 0.6) is 0 Å². The maximum Gasteiger partial charge on any atom is 0.420 e. The first kappa shape index (κ1) is 16.4. The number of nitrogens with zero attached hydrogens (tertiary/aromatic N) is 2. The molecule has 1 saturated heterocycles. The second-order valence-electron chi connectivity index (χ2n) is 7.35. The molecule has 5 rings (SSSR count). The first-order valence-electron chi connectivity index (χ1n) is 9.50. The van der Waals surface area contributed by atoms with Crippen LogP contribution >= 0.6 is 0 Å². The summed E-state index contributed by atoms with van der Waals surface area (Å²) >= 11 is 0. The Balaban J connectivity index is 1.35. The van der Waals surface area contributed by atoms with Crippen LogP contribution in [0.4, 0.5) is 0 Å². The van der Waals surface area contributed by atoms with Gasteiger partial charge in [-0.15, -0.1) is 0 Å². The third-order valence-corrected chi connectivity index (χ3v) is 5.72. The molecule has 0 bridgehead atoms. The van der Waals surface area contributed by atoms with E-state index in [0.29, 0.717) is 5.58 Å². The molecule has 1 aliphatic heterocycles. The van der Waals surface area contributed by atoms with Gasteiger partial charge in [-0.3, -0.25) is 9.47 Å². The van der Waals surface area contributed by atoms with Crippen LogP contribution < -0.4 is 5.76 Å². The molecule has 138 valence electrons. The molecule has 0 atom stereocenters. The molecule has 0 spiro atoms. The fraction of sp³-hybridized carbons (Fsp3) is 0.318. The van der Waals surface area contributed by atoms with Crippen LogP contribution in [0.15, 0.2) is 62.2 Å². The summed E-state index contributed by atoms with van der Waals surface area (Å²) in [7, 11) is 0. The van der Waals surface area contributed by atoms with Gasteiger partial charge in [0.1, 0.15) is 11.3 Å². The van der Waals surface area contributed by atoms with Gasteiger partial charge in [0.2, 0.25) is 0 Å². The average Bonchev–Trinajstić information content (AvgIpc) is 3.18. The fourth-order valence-electron chi connectivity index (χ4n) is 4.31. The summed E-state index contributed by atoms with van der Waals surface area (Å²) < 4.78 is 13.1. The molecule has 2 aromatic carbocycles. The minimum Gasteiger partial charge on any atom is -0.461 e. The summed E-state index contributed by atoms with van der Waals surface area (Å²) in [6.45, 7) is 4.83. The highest BCUT2D eigenvalue weighted by molar-refractivity contribution is 5.82. The standard InChI is InChI=1S/C22H22N2O3/c1-15-18(17-6-2-4-8-20(17)26-15)14-23-12-10-16(11-13-23)24-19-7-3-5-9-21(19)27-22(24)25/h2-9,16H,10-14H2,1H3. The van der Waals surface area contributed by atoms with Crippen molar-refractivity contribution in [1.29, 1.82) is 0 Å². The number of furan rings is 1. The number of aryl methyl sites for hydroxylation is 1. The van der Waals surface area contributed by atoms with E-state index in [2.05, 4.69) is 17.0 Å². The number of benzene rings is 2. The minimum atomic E-state index is -0.244. The molecule has 5 nitrogen and oxygen atoms in total. The topological polar surface area (TPSA) is 51.5 Å². The Morgan fingerprint density at radius 2 is 1.67 bits per heavy atom. The molecule has 0 saturated carbocycles.